The van der Waals surface area contributed by atoms with Gasteiger partial charge in [-0.3, -0.25) is 0 Å². The molecule has 8 aromatic carbocycles. The van der Waals surface area contributed by atoms with Crippen LogP contribution < -0.4 is 4.90 Å². The Balaban J connectivity index is 1.00. The van der Waals surface area contributed by atoms with Crippen LogP contribution >= 0.6 is 11.3 Å². The van der Waals surface area contributed by atoms with Gasteiger partial charge in [-0.05, 0) is 112 Å². The number of anilines is 3. The van der Waals surface area contributed by atoms with Gasteiger partial charge < -0.3 is 4.90 Å². The van der Waals surface area contributed by atoms with E-state index in [1.807, 2.05) is 11.3 Å². The van der Waals surface area contributed by atoms with Gasteiger partial charge >= 0.3 is 0 Å². The van der Waals surface area contributed by atoms with E-state index in [0.717, 1.165) is 17.1 Å². The average molecular weight is 670 g/mol. The van der Waals surface area contributed by atoms with Crippen LogP contribution in [0.15, 0.2) is 194 Å². The van der Waals surface area contributed by atoms with Gasteiger partial charge in [0.15, 0.2) is 0 Å². The number of benzene rings is 8. The maximum atomic E-state index is 2.36. The van der Waals surface area contributed by atoms with Gasteiger partial charge in [0, 0.05) is 37.2 Å². The van der Waals surface area contributed by atoms with Crippen molar-refractivity contribution in [2.24, 2.45) is 0 Å². The molecule has 1 nitrogen and oxygen atoms in total. The Hall–Kier alpha value is -6.22. The fourth-order valence-electron chi connectivity index (χ4n) is 7.16. The molecule has 1 aromatic heterocycles. The van der Waals surface area contributed by atoms with Crippen molar-refractivity contribution in [3.8, 4) is 44.5 Å². The lowest BCUT2D eigenvalue weighted by molar-refractivity contribution is 1.25. The lowest BCUT2D eigenvalue weighted by Gasteiger charge is -2.27. The van der Waals surface area contributed by atoms with Crippen molar-refractivity contribution in [2.75, 3.05) is 4.90 Å². The molecular formula is C49H35NS. The molecule has 0 bridgehead atoms. The molecule has 0 amide bonds. The Labute approximate surface area is 303 Å². The second-order valence-corrected chi connectivity index (χ2v) is 14.1. The molecule has 0 N–H and O–H groups in total. The molecular weight excluding hydrogens is 635 g/mol. The first-order chi connectivity index (χ1) is 25.2. The van der Waals surface area contributed by atoms with Crippen LogP contribution in [0.4, 0.5) is 17.1 Å². The zero-order valence-corrected chi connectivity index (χ0v) is 29.1. The van der Waals surface area contributed by atoms with Crippen molar-refractivity contribution in [3.05, 3.63) is 200 Å². The highest BCUT2D eigenvalue weighted by molar-refractivity contribution is 7.25. The highest BCUT2D eigenvalue weighted by Crippen LogP contribution is 2.40. The lowest BCUT2D eigenvalue weighted by atomic mass is 9.97. The number of para-hydroxylation sites is 1. The van der Waals surface area contributed by atoms with E-state index in [4.69, 9.17) is 0 Å². The van der Waals surface area contributed by atoms with Crippen molar-refractivity contribution >= 4 is 48.6 Å². The van der Waals surface area contributed by atoms with Gasteiger partial charge in [0.05, 0.1) is 0 Å². The van der Waals surface area contributed by atoms with Crippen LogP contribution in [0.1, 0.15) is 5.56 Å². The molecule has 0 unspecified atom stereocenters. The zero-order chi connectivity index (χ0) is 34.1. The van der Waals surface area contributed by atoms with Crippen molar-refractivity contribution in [3.63, 3.8) is 0 Å². The van der Waals surface area contributed by atoms with Crippen molar-refractivity contribution < 1.29 is 0 Å². The molecule has 242 valence electrons. The number of hydrogen-bond acceptors (Lipinski definition) is 2. The molecule has 0 aliphatic carbocycles. The number of aryl methyl sites for hydroxylation is 1. The summed E-state index contributed by atoms with van der Waals surface area (Å²) in [6.45, 7) is 2.21. The van der Waals surface area contributed by atoms with Crippen LogP contribution in [0.25, 0.3) is 64.7 Å². The first-order valence-corrected chi connectivity index (χ1v) is 18.2. The summed E-state index contributed by atoms with van der Waals surface area (Å²) < 4.78 is 2.67. The lowest BCUT2D eigenvalue weighted by Crippen LogP contribution is -2.11. The summed E-state index contributed by atoms with van der Waals surface area (Å²) in [5.41, 5.74) is 14.4. The van der Waals surface area contributed by atoms with Crippen molar-refractivity contribution in [2.45, 2.75) is 6.92 Å². The third-order valence-electron chi connectivity index (χ3n) is 9.81. The van der Waals surface area contributed by atoms with Crippen molar-refractivity contribution in [1.82, 2.24) is 0 Å². The largest absolute Gasteiger partial charge is 0.310 e. The molecule has 9 aromatic rings. The van der Waals surface area contributed by atoms with E-state index in [-0.39, 0.29) is 0 Å². The first-order valence-electron chi connectivity index (χ1n) is 17.4. The number of thiophene rings is 1. The predicted octanol–water partition coefficient (Wildman–Crippen LogP) is 14.5. The third kappa shape index (κ3) is 6.01. The number of hydrogen-bond donors (Lipinski definition) is 0. The summed E-state index contributed by atoms with van der Waals surface area (Å²) in [5, 5.41) is 2.67. The molecule has 0 saturated carbocycles. The van der Waals surface area contributed by atoms with Crippen molar-refractivity contribution in [1.29, 1.82) is 0 Å². The van der Waals surface area contributed by atoms with E-state index >= 15 is 0 Å². The summed E-state index contributed by atoms with van der Waals surface area (Å²) >= 11 is 1.87. The maximum absolute atomic E-state index is 2.36. The molecule has 2 heteroatoms. The molecule has 1 heterocycles. The van der Waals surface area contributed by atoms with Gasteiger partial charge in [-0.15, -0.1) is 11.3 Å². The highest BCUT2D eigenvalue weighted by atomic mass is 32.1. The molecule has 0 aliphatic heterocycles. The first kappa shape index (κ1) is 30.8. The molecule has 0 spiro atoms. The summed E-state index contributed by atoms with van der Waals surface area (Å²) in [6, 6.07) is 70.3. The molecule has 51 heavy (non-hydrogen) atoms. The van der Waals surface area contributed by atoms with E-state index in [0.29, 0.717) is 0 Å². The topological polar surface area (TPSA) is 3.24 Å². The highest BCUT2D eigenvalue weighted by Gasteiger charge is 2.16. The standard InChI is InChI=1S/C49H35NS/c1-34-31-41(40-14-10-13-39(32-40)35-11-4-2-5-12-35)26-30-47(34)50(43-15-6-3-7-16-43)44-27-23-37(24-28-44)36-19-21-38(22-20-36)42-25-29-46-45-17-8-9-18-48(45)51-49(46)33-42/h2-33H,1H3. The molecule has 0 fully saturated rings. The van der Waals surface area contributed by atoms with Crippen LogP contribution in [0.2, 0.25) is 0 Å². The number of rotatable bonds is 7. The second kappa shape index (κ2) is 13.2. The van der Waals surface area contributed by atoms with E-state index in [1.165, 1.54) is 70.2 Å². The minimum Gasteiger partial charge on any atom is -0.310 e. The van der Waals surface area contributed by atoms with Crippen LogP contribution in [0.5, 0.6) is 0 Å². The van der Waals surface area contributed by atoms with Crippen LogP contribution in [-0.2, 0) is 0 Å². The Morgan fingerprint density at radius 1 is 0.333 bits per heavy atom. The fourth-order valence-corrected chi connectivity index (χ4v) is 8.31. The van der Waals surface area contributed by atoms with E-state index in [1.54, 1.807) is 0 Å². The van der Waals surface area contributed by atoms with Crippen LogP contribution in [0, 0.1) is 6.92 Å². The molecule has 0 radical (unpaired) electrons. The SMILES string of the molecule is Cc1cc(-c2cccc(-c3ccccc3)c2)ccc1N(c1ccccc1)c1ccc(-c2ccc(-c3ccc4c(c3)sc3ccccc34)cc2)cc1. The van der Waals surface area contributed by atoms with E-state index in [2.05, 4.69) is 206 Å². The Kier molecular flexibility index (Phi) is 8.00. The monoisotopic (exact) mass is 669 g/mol. The summed E-state index contributed by atoms with van der Waals surface area (Å²) in [5.74, 6) is 0. The molecule has 0 atom stereocenters. The minimum atomic E-state index is 1.13. The van der Waals surface area contributed by atoms with Crippen LogP contribution in [0.3, 0.4) is 0 Å². The Morgan fingerprint density at radius 3 is 1.53 bits per heavy atom. The van der Waals surface area contributed by atoms with Gasteiger partial charge in [0.25, 0.3) is 0 Å². The number of fused-ring (bicyclic) bond motifs is 3. The normalized spacial score (nSPS) is 11.2. The maximum Gasteiger partial charge on any atom is 0.0491 e. The van der Waals surface area contributed by atoms with Gasteiger partial charge in [-0.2, -0.15) is 0 Å². The quantitative estimate of drug-likeness (QED) is 0.163. The van der Waals surface area contributed by atoms with Gasteiger partial charge in [-0.1, -0.05) is 140 Å². The predicted molar refractivity (Wildman–Crippen MR) is 220 cm³/mol. The number of nitrogens with zero attached hydrogens (tertiary/aromatic N) is 1. The fraction of sp³-hybridized carbons (Fsp3) is 0.0204. The average Bonchev–Trinajstić information content (AvgIpc) is 3.58. The molecule has 9 rings (SSSR count). The third-order valence-corrected chi connectivity index (χ3v) is 10.9. The van der Waals surface area contributed by atoms with Crippen LogP contribution in [-0.4, -0.2) is 0 Å². The van der Waals surface area contributed by atoms with Gasteiger partial charge in [0.1, 0.15) is 0 Å². The van der Waals surface area contributed by atoms with Gasteiger partial charge in [0.2, 0.25) is 0 Å². The van der Waals surface area contributed by atoms with E-state index < -0.39 is 0 Å². The summed E-state index contributed by atoms with van der Waals surface area (Å²) in [6.07, 6.45) is 0. The molecule has 0 saturated heterocycles. The molecule has 0 aliphatic rings. The Morgan fingerprint density at radius 2 is 0.804 bits per heavy atom. The summed E-state index contributed by atoms with van der Waals surface area (Å²) in [4.78, 5) is 2.36. The minimum absolute atomic E-state index is 1.13. The zero-order valence-electron chi connectivity index (χ0n) is 28.3. The second-order valence-electron chi connectivity index (χ2n) is 13.1. The Bertz CT molecular complexity index is 2620. The smallest absolute Gasteiger partial charge is 0.0491 e. The van der Waals surface area contributed by atoms with E-state index in [9.17, 15) is 0 Å². The van der Waals surface area contributed by atoms with Gasteiger partial charge in [-0.25, -0.2) is 0 Å². The summed E-state index contributed by atoms with van der Waals surface area (Å²) in [7, 11) is 0.